The van der Waals surface area contributed by atoms with Crippen molar-refractivity contribution in [2.75, 3.05) is 13.7 Å². The molecule has 1 atom stereocenters. The molecule has 3 rings (SSSR count). The van der Waals surface area contributed by atoms with Gasteiger partial charge >= 0.3 is 5.97 Å². The molecular weight excluding hydrogens is 388 g/mol. The molecule has 29 heavy (non-hydrogen) atoms. The normalized spacial score (nSPS) is 16.4. The number of carbonyl (C=O) groups is 1. The molecule has 152 valence electrons. The number of hydrogen-bond acceptors (Lipinski definition) is 5. The lowest BCUT2D eigenvalue weighted by Gasteiger charge is -2.35. The lowest BCUT2D eigenvalue weighted by molar-refractivity contribution is -0.140. The summed E-state index contributed by atoms with van der Waals surface area (Å²) in [6, 6.07) is 14.0. The molecular formula is C22H24N2O4S. The van der Waals surface area contributed by atoms with E-state index in [2.05, 4.69) is 5.32 Å². The van der Waals surface area contributed by atoms with Crippen LogP contribution in [0.1, 0.15) is 31.0 Å². The zero-order chi connectivity index (χ0) is 21.0. The predicted octanol–water partition coefficient (Wildman–Crippen LogP) is 3.67. The maximum absolute atomic E-state index is 13.0. The molecule has 2 N–H and O–H groups in total. The molecule has 0 saturated heterocycles. The maximum atomic E-state index is 13.0. The number of thiocarbonyl (C=S) groups is 1. The minimum Gasteiger partial charge on any atom is -0.504 e. The Kier molecular flexibility index (Phi) is 6.39. The number of allylic oxidation sites excluding steroid dienone is 1. The van der Waals surface area contributed by atoms with Crippen LogP contribution in [0, 0.1) is 0 Å². The summed E-state index contributed by atoms with van der Waals surface area (Å²) in [4.78, 5) is 14.8. The van der Waals surface area contributed by atoms with Crippen molar-refractivity contribution in [2.45, 2.75) is 26.5 Å². The zero-order valence-electron chi connectivity index (χ0n) is 16.6. The van der Waals surface area contributed by atoms with Crippen LogP contribution in [0.2, 0.25) is 0 Å². The van der Waals surface area contributed by atoms with Gasteiger partial charge in [0.2, 0.25) is 0 Å². The smallest absolute Gasteiger partial charge is 0.338 e. The first-order valence-corrected chi connectivity index (χ1v) is 9.75. The van der Waals surface area contributed by atoms with E-state index >= 15 is 0 Å². The summed E-state index contributed by atoms with van der Waals surface area (Å²) in [7, 11) is 1.80. The van der Waals surface area contributed by atoms with Crippen LogP contribution in [-0.4, -0.2) is 34.7 Å². The molecule has 0 fully saturated rings. The summed E-state index contributed by atoms with van der Waals surface area (Å²) in [6.07, 6.45) is 0. The Balaban J connectivity index is 1.93. The van der Waals surface area contributed by atoms with E-state index in [1.54, 1.807) is 30.1 Å². The Labute approximate surface area is 175 Å². The van der Waals surface area contributed by atoms with Crippen molar-refractivity contribution >= 4 is 23.3 Å². The van der Waals surface area contributed by atoms with Crippen LogP contribution in [-0.2, 0) is 16.1 Å². The van der Waals surface area contributed by atoms with E-state index in [0.29, 0.717) is 28.7 Å². The highest BCUT2D eigenvalue weighted by Gasteiger charge is 2.34. The van der Waals surface area contributed by atoms with Crippen molar-refractivity contribution in [3.05, 3.63) is 70.9 Å². The topological polar surface area (TPSA) is 71.0 Å². The highest BCUT2D eigenvalue weighted by molar-refractivity contribution is 7.80. The Morgan fingerprint density at radius 3 is 2.66 bits per heavy atom. The number of phenolic OH excluding ortho intramolecular Hbond substituents is 1. The van der Waals surface area contributed by atoms with Crippen LogP contribution in [0.25, 0.3) is 0 Å². The first kappa shape index (κ1) is 20.7. The van der Waals surface area contributed by atoms with Crippen LogP contribution in [0.5, 0.6) is 11.5 Å². The summed E-state index contributed by atoms with van der Waals surface area (Å²) < 4.78 is 11.1. The quantitative estimate of drug-likeness (QED) is 0.554. The van der Waals surface area contributed by atoms with Crippen molar-refractivity contribution in [2.24, 2.45) is 0 Å². The number of benzene rings is 2. The fourth-order valence-corrected chi connectivity index (χ4v) is 3.39. The van der Waals surface area contributed by atoms with E-state index in [1.165, 1.54) is 0 Å². The van der Waals surface area contributed by atoms with E-state index in [-0.39, 0.29) is 12.4 Å². The standard InChI is InChI=1S/C22H24N2O4S/c1-4-27-18-12-16(10-11-17(18)25)20-19(14(2)24(3)22(29)23-20)21(26)28-13-15-8-6-5-7-9-15/h5-12,20,25H,4,13H2,1-3H3,(H,23,29). The minimum absolute atomic E-state index is 0.0417. The molecule has 0 amide bonds. The molecule has 1 aliphatic heterocycles. The lowest BCUT2D eigenvalue weighted by Crippen LogP contribution is -2.46. The number of phenols is 1. The van der Waals surface area contributed by atoms with Crippen LogP contribution >= 0.6 is 12.2 Å². The molecule has 1 unspecified atom stereocenters. The molecule has 0 saturated carbocycles. The van der Waals surface area contributed by atoms with Gasteiger partial charge in [-0.05, 0) is 49.3 Å². The molecule has 2 aromatic rings. The summed E-state index contributed by atoms with van der Waals surface area (Å²) in [6.45, 7) is 4.27. The van der Waals surface area contributed by atoms with Gasteiger partial charge in [-0.15, -0.1) is 0 Å². The highest BCUT2D eigenvalue weighted by Crippen LogP contribution is 2.35. The van der Waals surface area contributed by atoms with E-state index in [4.69, 9.17) is 21.7 Å². The first-order chi connectivity index (χ1) is 13.9. The molecule has 7 heteroatoms. The first-order valence-electron chi connectivity index (χ1n) is 9.34. The number of esters is 1. The Hall–Kier alpha value is -3.06. The monoisotopic (exact) mass is 412 g/mol. The van der Waals surface area contributed by atoms with E-state index in [1.807, 2.05) is 44.2 Å². The Bertz CT molecular complexity index is 943. The SMILES string of the molecule is CCOc1cc(C2NC(=S)N(C)C(C)=C2C(=O)OCc2ccccc2)ccc1O. The largest absolute Gasteiger partial charge is 0.504 e. The van der Waals surface area contributed by atoms with Crippen LogP contribution in [0.4, 0.5) is 0 Å². The van der Waals surface area contributed by atoms with Gasteiger partial charge in [0.05, 0.1) is 18.2 Å². The van der Waals surface area contributed by atoms with Gasteiger partial charge in [-0.25, -0.2) is 4.79 Å². The molecule has 0 bridgehead atoms. The molecule has 2 aromatic carbocycles. The molecule has 0 radical (unpaired) electrons. The molecule has 1 heterocycles. The van der Waals surface area contributed by atoms with Gasteiger partial charge in [0.25, 0.3) is 0 Å². The van der Waals surface area contributed by atoms with Gasteiger partial charge in [0.15, 0.2) is 16.6 Å². The summed E-state index contributed by atoms with van der Waals surface area (Å²) in [5.41, 5.74) is 2.83. The van der Waals surface area contributed by atoms with Gasteiger partial charge in [-0.1, -0.05) is 36.4 Å². The second-order valence-electron chi connectivity index (χ2n) is 6.66. The van der Waals surface area contributed by atoms with E-state index in [9.17, 15) is 9.90 Å². The second kappa shape index (κ2) is 8.96. The third-order valence-corrected chi connectivity index (χ3v) is 5.20. The molecule has 1 aliphatic rings. The van der Waals surface area contributed by atoms with Gasteiger partial charge in [0, 0.05) is 12.7 Å². The lowest BCUT2D eigenvalue weighted by atomic mass is 9.95. The number of nitrogens with one attached hydrogen (secondary N) is 1. The number of carbonyl (C=O) groups excluding carboxylic acids is 1. The predicted molar refractivity (Wildman–Crippen MR) is 114 cm³/mol. The molecule has 0 spiro atoms. The summed E-state index contributed by atoms with van der Waals surface area (Å²) in [5.74, 6) is -0.0319. The zero-order valence-corrected chi connectivity index (χ0v) is 17.5. The van der Waals surface area contributed by atoms with Crippen molar-refractivity contribution in [3.63, 3.8) is 0 Å². The average Bonchev–Trinajstić information content (AvgIpc) is 2.72. The number of ether oxygens (including phenoxy) is 2. The highest BCUT2D eigenvalue weighted by atomic mass is 32.1. The third-order valence-electron chi connectivity index (χ3n) is 4.80. The Morgan fingerprint density at radius 1 is 1.24 bits per heavy atom. The number of rotatable bonds is 6. The van der Waals surface area contributed by atoms with E-state index < -0.39 is 12.0 Å². The Morgan fingerprint density at radius 2 is 1.97 bits per heavy atom. The van der Waals surface area contributed by atoms with Crippen LogP contribution in [0.15, 0.2) is 59.8 Å². The van der Waals surface area contributed by atoms with Crippen molar-refractivity contribution in [3.8, 4) is 11.5 Å². The molecule has 0 aromatic heterocycles. The fourth-order valence-electron chi connectivity index (χ4n) is 3.13. The average molecular weight is 413 g/mol. The van der Waals surface area contributed by atoms with Gasteiger partial charge in [-0.2, -0.15) is 0 Å². The van der Waals surface area contributed by atoms with Gasteiger partial charge in [-0.3, -0.25) is 0 Å². The molecule has 6 nitrogen and oxygen atoms in total. The van der Waals surface area contributed by atoms with Crippen molar-refractivity contribution in [1.29, 1.82) is 0 Å². The minimum atomic E-state index is -0.512. The van der Waals surface area contributed by atoms with Gasteiger partial charge < -0.3 is 24.8 Å². The summed E-state index contributed by atoms with van der Waals surface area (Å²) >= 11 is 5.42. The molecule has 0 aliphatic carbocycles. The summed E-state index contributed by atoms with van der Waals surface area (Å²) in [5, 5.41) is 13.7. The van der Waals surface area contributed by atoms with Gasteiger partial charge in [0.1, 0.15) is 6.61 Å². The van der Waals surface area contributed by atoms with E-state index in [0.717, 1.165) is 11.1 Å². The fraction of sp³-hybridized carbons (Fsp3) is 0.273. The van der Waals surface area contributed by atoms with Crippen molar-refractivity contribution < 1.29 is 19.4 Å². The number of aromatic hydroxyl groups is 1. The number of nitrogens with zero attached hydrogens (tertiary/aromatic N) is 1. The van der Waals surface area contributed by atoms with Crippen molar-refractivity contribution in [1.82, 2.24) is 10.2 Å². The number of hydrogen-bond donors (Lipinski definition) is 2. The van der Waals surface area contributed by atoms with Crippen LogP contribution in [0.3, 0.4) is 0 Å². The second-order valence-corrected chi connectivity index (χ2v) is 7.05. The maximum Gasteiger partial charge on any atom is 0.338 e. The van der Waals surface area contributed by atoms with Crippen LogP contribution < -0.4 is 10.1 Å². The third kappa shape index (κ3) is 4.51.